The summed E-state index contributed by atoms with van der Waals surface area (Å²) < 4.78 is 8.21. The second-order valence-electron chi connectivity index (χ2n) is 6.99. The van der Waals surface area contributed by atoms with Crippen molar-refractivity contribution in [2.75, 3.05) is 7.05 Å². The minimum atomic E-state index is 0.419. The van der Waals surface area contributed by atoms with E-state index in [4.69, 9.17) is 4.74 Å². The van der Waals surface area contributed by atoms with Gasteiger partial charge in [0.15, 0.2) is 0 Å². The maximum atomic E-state index is 5.97. The molecule has 3 heteroatoms. The summed E-state index contributed by atoms with van der Waals surface area (Å²) in [4.78, 5) is 0. The summed E-state index contributed by atoms with van der Waals surface area (Å²) in [6.45, 7) is 6.05. The lowest BCUT2D eigenvalue weighted by Crippen LogP contribution is -2.24. The first kappa shape index (κ1) is 20.0. The molecule has 0 atom stereocenters. The first-order chi connectivity index (χ1) is 13.7. The molecular weight excluding hydrogens is 344 g/mol. The zero-order chi connectivity index (χ0) is 20.1. The van der Waals surface area contributed by atoms with Gasteiger partial charge in [0.1, 0.15) is 5.75 Å². The third-order valence-electron chi connectivity index (χ3n) is 5.36. The largest absolute Gasteiger partial charge is 0.490 e. The van der Waals surface area contributed by atoms with Crippen molar-refractivity contribution in [3.05, 3.63) is 66.4 Å². The monoisotopic (exact) mass is 374 g/mol. The Morgan fingerprint density at radius 1 is 1.07 bits per heavy atom. The third kappa shape index (κ3) is 3.76. The maximum absolute atomic E-state index is 5.97. The molecule has 1 aliphatic carbocycles. The molecule has 1 heterocycles. The minimum Gasteiger partial charge on any atom is -0.490 e. The first-order valence-electron chi connectivity index (χ1n) is 9.93. The predicted molar refractivity (Wildman–Crippen MR) is 122 cm³/mol. The van der Waals surface area contributed by atoms with Gasteiger partial charge in [-0.05, 0) is 68.6 Å². The van der Waals surface area contributed by atoms with Crippen molar-refractivity contribution in [3.8, 4) is 16.9 Å². The highest BCUT2D eigenvalue weighted by atomic mass is 16.5. The molecule has 0 unspecified atom stereocenters. The number of nitrogens with two attached hydrogens (primary N) is 1. The van der Waals surface area contributed by atoms with Crippen molar-refractivity contribution >= 4 is 23.1 Å². The van der Waals surface area contributed by atoms with Gasteiger partial charge in [-0.2, -0.15) is 0 Å². The number of rotatable bonds is 5. The molecule has 0 saturated heterocycles. The second kappa shape index (κ2) is 8.94. The molecule has 1 aromatic heterocycles. The number of hydrogen-bond acceptors (Lipinski definition) is 2. The quantitative estimate of drug-likeness (QED) is 0.592. The highest BCUT2D eigenvalue weighted by molar-refractivity contribution is 5.96. The number of benzene rings is 2. The molecule has 0 spiro atoms. The third-order valence-corrected chi connectivity index (χ3v) is 5.36. The van der Waals surface area contributed by atoms with Gasteiger partial charge >= 0.3 is 0 Å². The lowest BCUT2D eigenvalue weighted by molar-refractivity contribution is 0.120. The fraction of sp³-hybridized carbons (Fsp3) is 0.280. The average Bonchev–Trinajstić information content (AvgIpc) is 2.98. The lowest BCUT2D eigenvalue weighted by Gasteiger charge is -2.26. The summed E-state index contributed by atoms with van der Waals surface area (Å²) in [5.41, 5.74) is 10.5. The molecule has 1 aliphatic rings. The van der Waals surface area contributed by atoms with Crippen LogP contribution in [0.25, 0.3) is 34.2 Å². The van der Waals surface area contributed by atoms with Gasteiger partial charge in [0.05, 0.1) is 6.10 Å². The van der Waals surface area contributed by atoms with Gasteiger partial charge in [-0.15, -0.1) is 0 Å². The fourth-order valence-electron chi connectivity index (χ4n) is 3.65. The van der Waals surface area contributed by atoms with Gasteiger partial charge in [-0.3, -0.25) is 0 Å². The molecule has 0 radical (unpaired) electrons. The molecular formula is C25H30N2O. The van der Waals surface area contributed by atoms with E-state index in [1.165, 1.54) is 59.6 Å². The Labute approximate surface area is 168 Å². The van der Waals surface area contributed by atoms with Gasteiger partial charge < -0.3 is 15.0 Å². The van der Waals surface area contributed by atoms with E-state index >= 15 is 0 Å². The average molecular weight is 375 g/mol. The van der Waals surface area contributed by atoms with Crippen molar-refractivity contribution in [3.63, 3.8) is 0 Å². The van der Waals surface area contributed by atoms with Crippen LogP contribution in [0.2, 0.25) is 0 Å². The summed E-state index contributed by atoms with van der Waals surface area (Å²) in [5.74, 6) is 0.975. The lowest BCUT2D eigenvalue weighted by atomic mass is 9.96. The van der Waals surface area contributed by atoms with Gasteiger partial charge in [-0.25, -0.2) is 0 Å². The van der Waals surface area contributed by atoms with Crippen LogP contribution in [-0.2, 0) is 7.05 Å². The van der Waals surface area contributed by atoms with E-state index in [1.807, 2.05) is 13.0 Å². The normalized spacial score (nSPS) is 13.9. The number of aromatic nitrogens is 1. The Morgan fingerprint density at radius 2 is 1.75 bits per heavy atom. The van der Waals surface area contributed by atoms with Crippen LogP contribution in [0.4, 0.5) is 0 Å². The Morgan fingerprint density at radius 3 is 2.32 bits per heavy atom. The number of ether oxygens (including phenoxy) is 1. The fourth-order valence-corrected chi connectivity index (χ4v) is 3.65. The number of aryl methyl sites for hydroxylation is 1. The van der Waals surface area contributed by atoms with Crippen molar-refractivity contribution in [2.45, 2.75) is 32.3 Å². The predicted octanol–water partition coefficient (Wildman–Crippen LogP) is 6.03. The van der Waals surface area contributed by atoms with Crippen molar-refractivity contribution in [1.29, 1.82) is 0 Å². The summed E-state index contributed by atoms with van der Waals surface area (Å²) in [7, 11) is 3.62. The van der Waals surface area contributed by atoms with E-state index in [-0.39, 0.29) is 0 Å². The van der Waals surface area contributed by atoms with E-state index in [2.05, 4.69) is 78.5 Å². The number of hydrogen-bond donors (Lipinski definition) is 1. The SMILES string of the molecule is C=Cc1c(/C=C\C)n(C)c2cc(-c3ccc(OC4CCC4)cc3)ccc12.CN. The van der Waals surface area contributed by atoms with E-state index in [9.17, 15) is 0 Å². The Kier molecular flexibility index (Phi) is 6.37. The zero-order valence-electron chi connectivity index (χ0n) is 17.1. The topological polar surface area (TPSA) is 40.2 Å². The molecule has 2 N–H and O–H groups in total. The highest BCUT2D eigenvalue weighted by Crippen LogP contribution is 2.32. The Balaban J connectivity index is 0.00000109. The van der Waals surface area contributed by atoms with E-state index < -0.39 is 0 Å². The number of fused-ring (bicyclic) bond motifs is 1. The highest BCUT2D eigenvalue weighted by Gasteiger charge is 2.19. The molecule has 28 heavy (non-hydrogen) atoms. The summed E-state index contributed by atoms with van der Waals surface area (Å²) >= 11 is 0. The molecule has 0 aliphatic heterocycles. The van der Waals surface area contributed by atoms with Crippen LogP contribution in [0.1, 0.15) is 37.4 Å². The minimum absolute atomic E-state index is 0.419. The zero-order valence-corrected chi connectivity index (χ0v) is 17.1. The standard InChI is InChI=1S/C24H25NO.CH5N/c1-4-7-23-21(5-2)22-15-12-18(16-24(22)25(23)3)17-10-13-20(14-11-17)26-19-8-6-9-19;1-2/h4-5,7,10-16,19H,2,6,8-9H2,1,3H3;2H2,1H3/b7-4-;. The van der Waals surface area contributed by atoms with E-state index in [0.29, 0.717) is 6.10 Å². The van der Waals surface area contributed by atoms with Crippen LogP contribution < -0.4 is 10.5 Å². The molecule has 1 saturated carbocycles. The molecule has 4 rings (SSSR count). The first-order valence-corrected chi connectivity index (χ1v) is 9.93. The van der Waals surface area contributed by atoms with Gasteiger partial charge in [0.2, 0.25) is 0 Å². The van der Waals surface area contributed by atoms with E-state index in [1.54, 1.807) is 0 Å². The van der Waals surface area contributed by atoms with Crippen molar-refractivity contribution < 1.29 is 4.74 Å². The number of nitrogens with zero attached hydrogens (tertiary/aromatic N) is 1. The van der Waals surface area contributed by atoms with Gasteiger partial charge in [0.25, 0.3) is 0 Å². The van der Waals surface area contributed by atoms with E-state index in [0.717, 1.165) is 5.75 Å². The van der Waals surface area contributed by atoms with Crippen molar-refractivity contribution in [1.82, 2.24) is 4.57 Å². The summed E-state index contributed by atoms with van der Waals surface area (Å²) in [5, 5.41) is 1.24. The molecule has 146 valence electrons. The summed E-state index contributed by atoms with van der Waals surface area (Å²) in [6, 6.07) is 15.1. The number of allylic oxidation sites excluding steroid dienone is 1. The Bertz CT molecular complexity index is 976. The molecule has 1 fully saturated rings. The van der Waals surface area contributed by atoms with Crippen LogP contribution in [-0.4, -0.2) is 17.7 Å². The van der Waals surface area contributed by atoms with Crippen molar-refractivity contribution in [2.24, 2.45) is 12.8 Å². The van der Waals surface area contributed by atoms with Crippen LogP contribution in [0.5, 0.6) is 5.75 Å². The van der Waals surface area contributed by atoms with Crippen LogP contribution in [0.15, 0.2) is 55.1 Å². The van der Waals surface area contributed by atoms with Crippen LogP contribution in [0, 0.1) is 0 Å². The summed E-state index contributed by atoms with van der Waals surface area (Å²) in [6.07, 6.45) is 10.2. The molecule has 3 aromatic rings. The van der Waals surface area contributed by atoms with Crippen LogP contribution >= 0.6 is 0 Å². The smallest absolute Gasteiger partial charge is 0.119 e. The molecule has 0 bridgehead atoms. The van der Waals surface area contributed by atoms with Gasteiger partial charge in [0, 0.05) is 29.2 Å². The Hall–Kier alpha value is -2.78. The molecule has 0 amide bonds. The maximum Gasteiger partial charge on any atom is 0.119 e. The molecule has 2 aromatic carbocycles. The van der Waals surface area contributed by atoms with Gasteiger partial charge in [-0.1, -0.05) is 43.0 Å². The second-order valence-corrected chi connectivity index (χ2v) is 6.99. The molecule has 3 nitrogen and oxygen atoms in total. The van der Waals surface area contributed by atoms with Crippen LogP contribution in [0.3, 0.4) is 0 Å².